The number of nitro groups is 1. The maximum absolute atomic E-state index is 13.3. The minimum Gasteiger partial charge on any atom is -0.339 e. The number of amides is 1. The van der Waals surface area contributed by atoms with E-state index >= 15 is 0 Å². The van der Waals surface area contributed by atoms with Gasteiger partial charge < -0.3 is 4.90 Å². The topological polar surface area (TPSA) is 63.5 Å². The lowest BCUT2D eigenvalue weighted by molar-refractivity contribution is -0.385. The molecular formula is C15H19FN2O3. The number of rotatable bonds is 3. The molecule has 5 nitrogen and oxygen atoms in total. The summed E-state index contributed by atoms with van der Waals surface area (Å²) in [6, 6.07) is 3.05. The highest BCUT2D eigenvalue weighted by atomic mass is 19.1. The van der Waals surface area contributed by atoms with Gasteiger partial charge in [0.05, 0.1) is 4.92 Å². The van der Waals surface area contributed by atoms with Crippen molar-refractivity contribution in [3.8, 4) is 0 Å². The smallest absolute Gasteiger partial charge is 0.282 e. The van der Waals surface area contributed by atoms with Crippen LogP contribution in [0.4, 0.5) is 10.1 Å². The number of carbonyl (C=O) groups is 1. The van der Waals surface area contributed by atoms with Gasteiger partial charge in [-0.1, -0.05) is 6.92 Å². The molecule has 0 atom stereocenters. The molecule has 1 aliphatic carbocycles. The Bertz CT molecular complexity index is 554. The molecule has 1 amide bonds. The summed E-state index contributed by atoms with van der Waals surface area (Å²) in [6.45, 7) is 2.18. The Morgan fingerprint density at radius 1 is 1.33 bits per heavy atom. The second-order valence-electron chi connectivity index (χ2n) is 5.75. The Labute approximate surface area is 122 Å². The fourth-order valence-corrected chi connectivity index (χ4v) is 2.82. The SMILES string of the molecule is CC1CCC(N(C)C(=O)c2cc(F)ccc2[N+](=O)[O-])CC1. The van der Waals surface area contributed by atoms with Crippen LogP contribution < -0.4 is 0 Å². The normalized spacial score (nSPS) is 21.9. The Kier molecular flexibility index (Phi) is 4.55. The molecular weight excluding hydrogens is 275 g/mol. The molecule has 0 spiro atoms. The molecule has 6 heteroatoms. The number of carbonyl (C=O) groups excluding carboxylic acids is 1. The summed E-state index contributed by atoms with van der Waals surface area (Å²) in [7, 11) is 1.64. The van der Waals surface area contributed by atoms with E-state index in [1.54, 1.807) is 7.05 Å². The first-order valence-corrected chi connectivity index (χ1v) is 7.11. The van der Waals surface area contributed by atoms with Gasteiger partial charge in [0, 0.05) is 19.2 Å². The van der Waals surface area contributed by atoms with Crippen LogP contribution in [0.1, 0.15) is 43.0 Å². The number of hydrogen-bond acceptors (Lipinski definition) is 3. The van der Waals surface area contributed by atoms with Gasteiger partial charge in [-0.25, -0.2) is 4.39 Å². The third-order valence-corrected chi connectivity index (χ3v) is 4.24. The van der Waals surface area contributed by atoms with Crippen LogP contribution in [0.2, 0.25) is 0 Å². The van der Waals surface area contributed by atoms with Crippen molar-refractivity contribution in [2.24, 2.45) is 5.92 Å². The zero-order chi connectivity index (χ0) is 15.6. The summed E-state index contributed by atoms with van der Waals surface area (Å²) < 4.78 is 13.3. The average Bonchev–Trinajstić information content (AvgIpc) is 2.46. The third kappa shape index (κ3) is 3.37. The first kappa shape index (κ1) is 15.4. The van der Waals surface area contributed by atoms with Crippen LogP contribution in [0.3, 0.4) is 0 Å². The van der Waals surface area contributed by atoms with E-state index < -0.39 is 16.6 Å². The number of halogens is 1. The highest BCUT2D eigenvalue weighted by Crippen LogP contribution is 2.28. The van der Waals surface area contributed by atoms with Crippen molar-refractivity contribution in [3.05, 3.63) is 39.7 Å². The minimum atomic E-state index is -0.649. The van der Waals surface area contributed by atoms with Gasteiger partial charge in [-0.05, 0) is 43.7 Å². The number of hydrogen-bond donors (Lipinski definition) is 0. The molecule has 0 aliphatic heterocycles. The van der Waals surface area contributed by atoms with Crippen molar-refractivity contribution in [1.82, 2.24) is 4.90 Å². The van der Waals surface area contributed by atoms with Crippen LogP contribution in [0.5, 0.6) is 0 Å². The lowest BCUT2D eigenvalue weighted by Gasteiger charge is -2.33. The molecule has 1 aromatic rings. The molecule has 1 fully saturated rings. The summed E-state index contributed by atoms with van der Waals surface area (Å²) in [4.78, 5) is 24.3. The number of nitrogens with zero attached hydrogens (tertiary/aromatic N) is 2. The Morgan fingerprint density at radius 3 is 2.52 bits per heavy atom. The maximum Gasteiger partial charge on any atom is 0.282 e. The first-order chi connectivity index (χ1) is 9.90. The van der Waals surface area contributed by atoms with Gasteiger partial charge in [-0.3, -0.25) is 14.9 Å². The molecule has 0 aromatic heterocycles. The van der Waals surface area contributed by atoms with E-state index in [9.17, 15) is 19.3 Å². The molecule has 0 N–H and O–H groups in total. The molecule has 1 aliphatic rings. The van der Waals surface area contributed by atoms with E-state index in [1.165, 1.54) is 4.90 Å². The molecule has 2 rings (SSSR count). The lowest BCUT2D eigenvalue weighted by atomic mass is 9.86. The summed E-state index contributed by atoms with van der Waals surface area (Å²) >= 11 is 0. The first-order valence-electron chi connectivity index (χ1n) is 7.11. The molecule has 1 saturated carbocycles. The molecule has 0 heterocycles. The van der Waals surface area contributed by atoms with Crippen LogP contribution in [0.25, 0.3) is 0 Å². The van der Waals surface area contributed by atoms with Crippen LogP contribution in [0.15, 0.2) is 18.2 Å². The number of nitro benzene ring substituents is 1. The van der Waals surface area contributed by atoms with Gasteiger partial charge in [0.25, 0.3) is 11.6 Å². The molecule has 0 bridgehead atoms. The van der Waals surface area contributed by atoms with Crippen LogP contribution in [-0.2, 0) is 0 Å². The third-order valence-electron chi connectivity index (χ3n) is 4.24. The van der Waals surface area contributed by atoms with E-state index in [0.717, 1.165) is 43.9 Å². The van der Waals surface area contributed by atoms with Crippen LogP contribution in [-0.4, -0.2) is 28.8 Å². The Balaban J connectivity index is 2.23. The molecule has 0 radical (unpaired) electrons. The predicted molar refractivity (Wildman–Crippen MR) is 76.6 cm³/mol. The standard InChI is InChI=1S/C15H19FN2O3/c1-10-3-6-12(7-4-10)17(2)15(19)13-9-11(16)5-8-14(13)18(20)21/h5,8-10,12H,3-4,6-7H2,1-2H3. The van der Waals surface area contributed by atoms with Gasteiger partial charge in [0.1, 0.15) is 11.4 Å². The van der Waals surface area contributed by atoms with Crippen LogP contribution >= 0.6 is 0 Å². The molecule has 0 saturated heterocycles. The van der Waals surface area contributed by atoms with Gasteiger partial charge in [0.2, 0.25) is 0 Å². The minimum absolute atomic E-state index is 0.0663. The van der Waals surface area contributed by atoms with E-state index in [0.29, 0.717) is 5.92 Å². The van der Waals surface area contributed by atoms with Gasteiger partial charge in [-0.15, -0.1) is 0 Å². The largest absolute Gasteiger partial charge is 0.339 e. The predicted octanol–water partition coefficient (Wildman–Crippen LogP) is 3.38. The zero-order valence-electron chi connectivity index (χ0n) is 12.2. The monoisotopic (exact) mass is 294 g/mol. The molecule has 21 heavy (non-hydrogen) atoms. The quantitative estimate of drug-likeness (QED) is 0.634. The lowest BCUT2D eigenvalue weighted by Crippen LogP contribution is -2.39. The zero-order valence-corrected chi connectivity index (χ0v) is 12.2. The average molecular weight is 294 g/mol. The maximum atomic E-state index is 13.3. The van der Waals surface area contributed by atoms with E-state index in [2.05, 4.69) is 6.92 Å². The van der Waals surface area contributed by atoms with Crippen molar-refractivity contribution in [2.75, 3.05) is 7.05 Å². The van der Waals surface area contributed by atoms with Crippen molar-refractivity contribution in [1.29, 1.82) is 0 Å². The van der Waals surface area contributed by atoms with E-state index in [1.807, 2.05) is 0 Å². The van der Waals surface area contributed by atoms with Crippen molar-refractivity contribution in [2.45, 2.75) is 38.6 Å². The summed E-state index contributed by atoms with van der Waals surface area (Å²) in [5.74, 6) is -0.483. The van der Waals surface area contributed by atoms with Crippen molar-refractivity contribution in [3.63, 3.8) is 0 Å². The Morgan fingerprint density at radius 2 is 1.95 bits per heavy atom. The van der Waals surface area contributed by atoms with Crippen molar-refractivity contribution >= 4 is 11.6 Å². The molecule has 1 aromatic carbocycles. The highest BCUT2D eigenvalue weighted by molar-refractivity contribution is 5.98. The van der Waals surface area contributed by atoms with Crippen molar-refractivity contribution < 1.29 is 14.1 Å². The second-order valence-corrected chi connectivity index (χ2v) is 5.75. The fraction of sp³-hybridized carbons (Fsp3) is 0.533. The van der Waals surface area contributed by atoms with E-state index in [4.69, 9.17) is 0 Å². The highest BCUT2D eigenvalue weighted by Gasteiger charge is 2.29. The van der Waals surface area contributed by atoms with Gasteiger partial charge in [0.15, 0.2) is 0 Å². The van der Waals surface area contributed by atoms with Crippen LogP contribution in [0, 0.1) is 21.8 Å². The molecule has 0 unspecified atom stereocenters. The van der Waals surface area contributed by atoms with Gasteiger partial charge in [-0.2, -0.15) is 0 Å². The van der Waals surface area contributed by atoms with Gasteiger partial charge >= 0.3 is 0 Å². The summed E-state index contributed by atoms with van der Waals surface area (Å²) in [5.41, 5.74) is -0.529. The fourth-order valence-electron chi connectivity index (χ4n) is 2.82. The summed E-state index contributed by atoms with van der Waals surface area (Å²) in [6.07, 6.45) is 3.83. The molecule has 114 valence electrons. The number of benzene rings is 1. The summed E-state index contributed by atoms with van der Waals surface area (Å²) in [5, 5.41) is 11.0. The Hall–Kier alpha value is -1.98. The second kappa shape index (κ2) is 6.20. The van der Waals surface area contributed by atoms with E-state index in [-0.39, 0.29) is 17.3 Å².